The molecule has 2 aromatic carbocycles. The zero-order valence-electron chi connectivity index (χ0n) is 18.5. The third-order valence-corrected chi connectivity index (χ3v) is 6.58. The largest absolute Gasteiger partial charge is 0.378 e. The van der Waals surface area contributed by atoms with E-state index in [2.05, 4.69) is 27.0 Å². The van der Waals surface area contributed by atoms with E-state index in [1.807, 2.05) is 46.9 Å². The molecule has 1 amide bonds. The van der Waals surface area contributed by atoms with E-state index >= 15 is 0 Å². The van der Waals surface area contributed by atoms with Gasteiger partial charge in [0.25, 0.3) is 5.56 Å². The summed E-state index contributed by atoms with van der Waals surface area (Å²) in [6, 6.07) is 15.1. The first kappa shape index (κ1) is 22.2. The second-order valence-electron chi connectivity index (χ2n) is 7.82. The van der Waals surface area contributed by atoms with Crippen LogP contribution in [-0.2, 0) is 16.1 Å². The van der Waals surface area contributed by atoms with Gasteiger partial charge in [0.2, 0.25) is 11.7 Å². The Balaban J connectivity index is 1.32. The summed E-state index contributed by atoms with van der Waals surface area (Å²) in [5.74, 6) is 0.427. The van der Waals surface area contributed by atoms with Crippen LogP contribution in [0, 0.1) is 0 Å². The SMILES string of the molecule is C=CCn1c(=O)c2ccccc2n2c(SCC(=O)Nc3ccc(N4CCOCC4)cc3)nnc12. The number of carbonyl (C=O) groups is 1. The highest BCUT2D eigenvalue weighted by molar-refractivity contribution is 7.99. The van der Waals surface area contributed by atoms with Gasteiger partial charge in [0.15, 0.2) is 5.16 Å². The minimum absolute atomic E-state index is 0.148. The van der Waals surface area contributed by atoms with Crippen molar-refractivity contribution in [2.24, 2.45) is 0 Å². The summed E-state index contributed by atoms with van der Waals surface area (Å²) in [5, 5.41) is 12.5. The number of aromatic nitrogens is 4. The third kappa shape index (κ3) is 4.29. The van der Waals surface area contributed by atoms with Crippen LogP contribution >= 0.6 is 11.8 Å². The molecule has 0 atom stereocenters. The van der Waals surface area contributed by atoms with Gasteiger partial charge in [-0.1, -0.05) is 30.0 Å². The zero-order chi connectivity index (χ0) is 23.5. The molecule has 1 N–H and O–H groups in total. The van der Waals surface area contributed by atoms with Crippen molar-refractivity contribution in [3.05, 3.63) is 71.5 Å². The average Bonchev–Trinajstić information content (AvgIpc) is 3.30. The fourth-order valence-electron chi connectivity index (χ4n) is 4.03. The number of carbonyl (C=O) groups excluding carboxylic acids is 1. The Labute approximate surface area is 200 Å². The predicted octanol–water partition coefficient (Wildman–Crippen LogP) is 2.80. The summed E-state index contributed by atoms with van der Waals surface area (Å²) in [4.78, 5) is 27.8. The molecule has 0 bridgehead atoms. The van der Waals surface area contributed by atoms with Crippen LogP contribution in [0.5, 0.6) is 0 Å². The van der Waals surface area contributed by atoms with Gasteiger partial charge in [0.05, 0.1) is 29.9 Å². The summed E-state index contributed by atoms with van der Waals surface area (Å²) in [6.07, 6.45) is 1.65. The Morgan fingerprint density at radius 2 is 1.88 bits per heavy atom. The molecule has 0 aliphatic carbocycles. The molecule has 0 unspecified atom stereocenters. The highest BCUT2D eigenvalue weighted by Crippen LogP contribution is 2.23. The molecule has 0 radical (unpaired) electrons. The summed E-state index contributed by atoms with van der Waals surface area (Å²) in [5.41, 5.74) is 2.40. The van der Waals surface area contributed by atoms with Crippen LogP contribution in [0.1, 0.15) is 0 Å². The summed E-state index contributed by atoms with van der Waals surface area (Å²) >= 11 is 1.27. The van der Waals surface area contributed by atoms with E-state index in [0.29, 0.717) is 28.4 Å². The molecule has 1 aliphatic heterocycles. The number of anilines is 2. The molecule has 1 saturated heterocycles. The lowest BCUT2D eigenvalue weighted by Crippen LogP contribution is -2.36. The van der Waals surface area contributed by atoms with Crippen molar-refractivity contribution in [1.82, 2.24) is 19.2 Å². The maximum absolute atomic E-state index is 12.9. The molecule has 0 spiro atoms. The summed E-state index contributed by atoms with van der Waals surface area (Å²) < 4.78 is 8.74. The number of ether oxygens (including phenoxy) is 1. The molecule has 4 aromatic rings. The normalized spacial score (nSPS) is 13.9. The van der Waals surface area contributed by atoms with Crippen LogP contribution in [0.15, 0.2) is 71.1 Å². The van der Waals surface area contributed by atoms with Crippen LogP contribution < -0.4 is 15.8 Å². The van der Waals surface area contributed by atoms with Crippen LogP contribution in [0.4, 0.5) is 11.4 Å². The molecule has 0 saturated carbocycles. The van der Waals surface area contributed by atoms with E-state index < -0.39 is 0 Å². The lowest BCUT2D eigenvalue weighted by Gasteiger charge is -2.28. The van der Waals surface area contributed by atoms with E-state index in [9.17, 15) is 9.59 Å². The molecule has 174 valence electrons. The van der Waals surface area contributed by atoms with E-state index in [1.165, 1.54) is 16.3 Å². The number of nitrogens with one attached hydrogen (secondary N) is 1. The molecule has 10 heteroatoms. The quantitative estimate of drug-likeness (QED) is 0.324. The number of hydrogen-bond donors (Lipinski definition) is 1. The molecule has 1 fully saturated rings. The van der Waals surface area contributed by atoms with Crippen LogP contribution in [0.3, 0.4) is 0 Å². The van der Waals surface area contributed by atoms with Crippen molar-refractivity contribution in [1.29, 1.82) is 0 Å². The van der Waals surface area contributed by atoms with Crippen LogP contribution in [-0.4, -0.2) is 57.1 Å². The minimum atomic E-state index is -0.149. The third-order valence-electron chi connectivity index (χ3n) is 5.65. The Morgan fingerprint density at radius 3 is 2.65 bits per heavy atom. The fourth-order valence-corrected chi connectivity index (χ4v) is 4.77. The number of para-hydroxylation sites is 1. The van der Waals surface area contributed by atoms with Crippen molar-refractivity contribution in [3.63, 3.8) is 0 Å². The standard InChI is InChI=1S/C24H24N6O3S/c1-2-11-29-22(32)19-5-3-4-6-20(19)30-23(29)26-27-24(30)34-16-21(31)25-17-7-9-18(10-8-17)28-12-14-33-15-13-28/h2-10H,1,11-16H2,(H,25,31). The minimum Gasteiger partial charge on any atom is -0.378 e. The van der Waals surface area contributed by atoms with Crippen LogP contribution in [0.25, 0.3) is 16.7 Å². The number of thioether (sulfide) groups is 1. The zero-order valence-corrected chi connectivity index (χ0v) is 19.3. The van der Waals surface area contributed by atoms with E-state index in [0.717, 1.165) is 37.7 Å². The Kier molecular flexibility index (Phi) is 6.33. The van der Waals surface area contributed by atoms with Crippen molar-refractivity contribution >= 4 is 45.7 Å². The Bertz CT molecular complexity index is 1410. The highest BCUT2D eigenvalue weighted by atomic mass is 32.2. The number of morpholine rings is 1. The molecule has 34 heavy (non-hydrogen) atoms. The van der Waals surface area contributed by atoms with E-state index in [1.54, 1.807) is 12.1 Å². The van der Waals surface area contributed by atoms with Crippen molar-refractivity contribution in [2.45, 2.75) is 11.7 Å². The fraction of sp³-hybridized carbons (Fsp3) is 0.250. The molecule has 2 aromatic heterocycles. The van der Waals surface area contributed by atoms with Crippen LogP contribution in [0.2, 0.25) is 0 Å². The molecule has 9 nitrogen and oxygen atoms in total. The van der Waals surface area contributed by atoms with Crippen molar-refractivity contribution in [2.75, 3.05) is 42.3 Å². The molecular formula is C24H24N6O3S. The molecule has 1 aliphatic rings. The molecule has 5 rings (SSSR count). The lowest BCUT2D eigenvalue weighted by molar-refractivity contribution is -0.113. The summed E-state index contributed by atoms with van der Waals surface area (Å²) in [6.45, 7) is 7.24. The van der Waals surface area contributed by atoms with Gasteiger partial charge < -0.3 is 15.0 Å². The average molecular weight is 477 g/mol. The van der Waals surface area contributed by atoms with E-state index in [-0.39, 0.29) is 17.2 Å². The maximum Gasteiger partial charge on any atom is 0.263 e. The lowest BCUT2D eigenvalue weighted by atomic mass is 10.2. The number of allylic oxidation sites excluding steroid dienone is 1. The monoisotopic (exact) mass is 476 g/mol. The van der Waals surface area contributed by atoms with Crippen molar-refractivity contribution in [3.8, 4) is 0 Å². The number of hydrogen-bond acceptors (Lipinski definition) is 7. The van der Waals surface area contributed by atoms with Crippen molar-refractivity contribution < 1.29 is 9.53 Å². The Hall–Kier alpha value is -3.63. The van der Waals surface area contributed by atoms with Gasteiger partial charge in [-0.15, -0.1) is 16.8 Å². The predicted molar refractivity (Wildman–Crippen MR) is 134 cm³/mol. The van der Waals surface area contributed by atoms with Gasteiger partial charge in [-0.2, -0.15) is 0 Å². The van der Waals surface area contributed by atoms with Gasteiger partial charge >= 0.3 is 0 Å². The second-order valence-corrected chi connectivity index (χ2v) is 8.77. The molecular weight excluding hydrogens is 452 g/mol. The first-order chi connectivity index (χ1) is 16.7. The van der Waals surface area contributed by atoms with Gasteiger partial charge in [-0.25, -0.2) is 0 Å². The first-order valence-electron chi connectivity index (χ1n) is 11.0. The van der Waals surface area contributed by atoms with Gasteiger partial charge in [0, 0.05) is 31.0 Å². The molecule has 3 heterocycles. The first-order valence-corrected chi connectivity index (χ1v) is 12.0. The van der Waals surface area contributed by atoms with Gasteiger partial charge in [-0.05, 0) is 36.4 Å². The summed E-state index contributed by atoms with van der Waals surface area (Å²) in [7, 11) is 0. The number of amides is 1. The number of rotatable bonds is 7. The van der Waals surface area contributed by atoms with Gasteiger partial charge in [-0.3, -0.25) is 18.6 Å². The van der Waals surface area contributed by atoms with E-state index in [4.69, 9.17) is 4.74 Å². The number of fused-ring (bicyclic) bond motifs is 3. The number of benzene rings is 2. The maximum atomic E-state index is 12.9. The highest BCUT2D eigenvalue weighted by Gasteiger charge is 2.17. The topological polar surface area (TPSA) is 93.8 Å². The second kappa shape index (κ2) is 9.70. The van der Waals surface area contributed by atoms with Gasteiger partial charge in [0.1, 0.15) is 0 Å². The smallest absolute Gasteiger partial charge is 0.263 e. The number of nitrogens with zero attached hydrogens (tertiary/aromatic N) is 5. The Morgan fingerprint density at radius 1 is 1.12 bits per heavy atom.